The molecular formula is C11H14N4O. The van der Waals surface area contributed by atoms with Crippen LogP contribution in [-0.4, -0.2) is 31.4 Å². The Morgan fingerprint density at radius 3 is 2.75 bits per heavy atom. The lowest BCUT2D eigenvalue weighted by atomic mass is 10.1. The van der Waals surface area contributed by atoms with Gasteiger partial charge < -0.3 is 5.11 Å². The van der Waals surface area contributed by atoms with Crippen LogP contribution in [0.15, 0.2) is 36.7 Å². The van der Waals surface area contributed by atoms with Gasteiger partial charge in [0.05, 0.1) is 12.6 Å². The monoisotopic (exact) mass is 218 g/mol. The maximum Gasteiger partial charge on any atom is 0.162 e. The zero-order valence-corrected chi connectivity index (χ0v) is 8.90. The quantitative estimate of drug-likeness (QED) is 0.801. The van der Waals surface area contributed by atoms with E-state index in [1.165, 1.54) is 16.7 Å². The Kier molecular flexibility index (Phi) is 3.61. The average Bonchev–Trinajstić information content (AvgIpc) is 2.81. The lowest BCUT2D eigenvalue weighted by molar-refractivity contribution is 0.133. The highest BCUT2D eigenvalue weighted by Gasteiger charge is 2.06. The normalized spacial score (nSPS) is 12.6. The Morgan fingerprint density at radius 1 is 1.25 bits per heavy atom. The van der Waals surface area contributed by atoms with Gasteiger partial charge in [-0.15, -0.1) is 10.2 Å². The van der Waals surface area contributed by atoms with Gasteiger partial charge >= 0.3 is 0 Å². The second kappa shape index (κ2) is 5.37. The van der Waals surface area contributed by atoms with Crippen LogP contribution in [0.3, 0.4) is 0 Å². The Balaban J connectivity index is 1.78. The molecule has 1 aromatic carbocycles. The molecule has 0 saturated heterocycles. The molecule has 0 bridgehead atoms. The van der Waals surface area contributed by atoms with E-state index in [0.717, 1.165) is 6.42 Å². The van der Waals surface area contributed by atoms with Crippen molar-refractivity contribution in [1.29, 1.82) is 0 Å². The molecule has 0 radical (unpaired) electrons. The number of rotatable bonds is 5. The Hall–Kier alpha value is -1.75. The molecule has 5 heteroatoms. The summed E-state index contributed by atoms with van der Waals surface area (Å²) in [4.78, 5) is 1.40. The van der Waals surface area contributed by atoms with Gasteiger partial charge in [0.2, 0.25) is 0 Å². The molecule has 1 heterocycles. The van der Waals surface area contributed by atoms with Crippen LogP contribution in [0.25, 0.3) is 0 Å². The number of hydrogen-bond donors (Lipinski definition) is 1. The zero-order valence-electron chi connectivity index (χ0n) is 8.90. The zero-order chi connectivity index (χ0) is 11.2. The molecule has 2 rings (SSSR count). The lowest BCUT2D eigenvalue weighted by Crippen LogP contribution is -2.18. The number of benzene rings is 1. The van der Waals surface area contributed by atoms with Crippen LogP contribution in [0.1, 0.15) is 12.0 Å². The first-order valence-electron chi connectivity index (χ1n) is 5.27. The number of hydrogen-bond acceptors (Lipinski definition) is 4. The number of aryl methyl sites for hydroxylation is 1. The molecule has 0 fully saturated rings. The van der Waals surface area contributed by atoms with Crippen LogP contribution in [0.5, 0.6) is 0 Å². The fourth-order valence-corrected chi connectivity index (χ4v) is 1.53. The molecular weight excluding hydrogens is 204 g/mol. The minimum Gasteiger partial charge on any atom is -0.391 e. The third-order valence-electron chi connectivity index (χ3n) is 2.37. The van der Waals surface area contributed by atoms with Gasteiger partial charge in [-0.25, -0.2) is 0 Å². The molecule has 1 unspecified atom stereocenters. The summed E-state index contributed by atoms with van der Waals surface area (Å²) in [7, 11) is 0. The second-order valence-electron chi connectivity index (χ2n) is 3.67. The number of aliphatic hydroxyl groups is 1. The summed E-state index contributed by atoms with van der Waals surface area (Å²) in [5.41, 5.74) is 1.23. The molecule has 0 saturated carbocycles. The van der Waals surface area contributed by atoms with Gasteiger partial charge in [-0.3, -0.25) is 0 Å². The van der Waals surface area contributed by atoms with Crippen molar-refractivity contribution < 1.29 is 5.11 Å². The summed E-state index contributed by atoms with van der Waals surface area (Å²) in [5, 5.41) is 20.9. The van der Waals surface area contributed by atoms with Crippen LogP contribution >= 0.6 is 0 Å². The largest absolute Gasteiger partial charge is 0.391 e. The van der Waals surface area contributed by atoms with Crippen LogP contribution < -0.4 is 0 Å². The van der Waals surface area contributed by atoms with Crippen molar-refractivity contribution in [1.82, 2.24) is 20.2 Å². The summed E-state index contributed by atoms with van der Waals surface area (Å²) < 4.78 is 0. The van der Waals surface area contributed by atoms with Crippen molar-refractivity contribution in [3.63, 3.8) is 0 Å². The van der Waals surface area contributed by atoms with Gasteiger partial charge in [-0.05, 0) is 23.6 Å². The fraction of sp³-hybridized carbons (Fsp3) is 0.364. The summed E-state index contributed by atoms with van der Waals surface area (Å²) >= 11 is 0. The molecule has 0 aliphatic heterocycles. The van der Waals surface area contributed by atoms with E-state index in [2.05, 4.69) is 27.5 Å². The number of aliphatic hydroxyl groups excluding tert-OH is 1. The molecule has 16 heavy (non-hydrogen) atoms. The number of tetrazole rings is 1. The highest BCUT2D eigenvalue weighted by Crippen LogP contribution is 2.05. The molecule has 2 aromatic rings. The summed E-state index contributed by atoms with van der Waals surface area (Å²) in [6.45, 7) is 0.396. The van der Waals surface area contributed by atoms with E-state index < -0.39 is 6.10 Å². The Morgan fingerprint density at radius 2 is 2.06 bits per heavy atom. The van der Waals surface area contributed by atoms with Crippen molar-refractivity contribution in [2.75, 3.05) is 0 Å². The van der Waals surface area contributed by atoms with Gasteiger partial charge in [0, 0.05) is 0 Å². The minimum atomic E-state index is -0.436. The SMILES string of the molecule is OC(CCc1ccccc1)Cn1ncnn1. The van der Waals surface area contributed by atoms with Gasteiger partial charge in [-0.2, -0.15) is 4.80 Å². The predicted molar refractivity (Wildman–Crippen MR) is 58.6 cm³/mol. The van der Waals surface area contributed by atoms with Crippen molar-refractivity contribution in [2.45, 2.75) is 25.5 Å². The first-order valence-corrected chi connectivity index (χ1v) is 5.27. The number of nitrogens with zero attached hydrogens (tertiary/aromatic N) is 4. The molecule has 1 aromatic heterocycles. The first kappa shape index (κ1) is 10.8. The summed E-state index contributed by atoms with van der Waals surface area (Å²) in [6, 6.07) is 10.1. The van der Waals surface area contributed by atoms with Crippen molar-refractivity contribution >= 4 is 0 Å². The molecule has 84 valence electrons. The molecule has 0 amide bonds. The van der Waals surface area contributed by atoms with E-state index in [0.29, 0.717) is 13.0 Å². The maximum absolute atomic E-state index is 9.75. The second-order valence-corrected chi connectivity index (χ2v) is 3.67. The first-order chi connectivity index (χ1) is 7.84. The topological polar surface area (TPSA) is 63.8 Å². The maximum atomic E-state index is 9.75. The molecule has 1 atom stereocenters. The molecule has 0 aliphatic rings. The lowest BCUT2D eigenvalue weighted by Gasteiger charge is -2.08. The van der Waals surface area contributed by atoms with Crippen LogP contribution in [-0.2, 0) is 13.0 Å². The molecule has 0 aliphatic carbocycles. The Labute approximate surface area is 93.7 Å². The fourth-order valence-electron chi connectivity index (χ4n) is 1.53. The van der Waals surface area contributed by atoms with Gasteiger partial charge in [0.25, 0.3) is 0 Å². The third-order valence-corrected chi connectivity index (χ3v) is 2.37. The van der Waals surface area contributed by atoms with Crippen LogP contribution in [0.4, 0.5) is 0 Å². The van der Waals surface area contributed by atoms with Crippen molar-refractivity contribution in [2.24, 2.45) is 0 Å². The van der Waals surface area contributed by atoms with E-state index in [9.17, 15) is 5.11 Å². The van der Waals surface area contributed by atoms with E-state index in [4.69, 9.17) is 0 Å². The minimum absolute atomic E-state index is 0.396. The number of aromatic nitrogens is 4. The summed E-state index contributed by atoms with van der Waals surface area (Å²) in [5.74, 6) is 0. The Bertz CT molecular complexity index is 401. The van der Waals surface area contributed by atoms with Crippen molar-refractivity contribution in [3.05, 3.63) is 42.2 Å². The van der Waals surface area contributed by atoms with Crippen LogP contribution in [0.2, 0.25) is 0 Å². The highest BCUT2D eigenvalue weighted by atomic mass is 16.3. The standard InChI is InChI=1S/C11H14N4O/c16-11(8-15-13-9-12-14-15)7-6-10-4-2-1-3-5-10/h1-5,9,11,16H,6-8H2. The predicted octanol–water partition coefficient (Wildman–Crippen LogP) is 0.667. The van der Waals surface area contributed by atoms with E-state index in [1.54, 1.807) is 0 Å². The van der Waals surface area contributed by atoms with Crippen molar-refractivity contribution in [3.8, 4) is 0 Å². The average molecular weight is 218 g/mol. The van der Waals surface area contributed by atoms with Gasteiger partial charge in [-0.1, -0.05) is 30.3 Å². The van der Waals surface area contributed by atoms with Gasteiger partial charge in [0.15, 0.2) is 6.33 Å². The third kappa shape index (κ3) is 3.13. The van der Waals surface area contributed by atoms with Gasteiger partial charge in [0.1, 0.15) is 0 Å². The van der Waals surface area contributed by atoms with E-state index in [-0.39, 0.29) is 0 Å². The highest BCUT2D eigenvalue weighted by molar-refractivity contribution is 5.14. The van der Waals surface area contributed by atoms with E-state index >= 15 is 0 Å². The van der Waals surface area contributed by atoms with Crippen LogP contribution in [0, 0.1) is 0 Å². The summed E-state index contributed by atoms with van der Waals surface area (Å²) in [6.07, 6.45) is 2.49. The molecule has 1 N–H and O–H groups in total. The van der Waals surface area contributed by atoms with E-state index in [1.807, 2.05) is 18.2 Å². The molecule has 0 spiro atoms. The molecule has 5 nitrogen and oxygen atoms in total. The smallest absolute Gasteiger partial charge is 0.162 e.